The number of aryl methyl sites for hydroxylation is 1. The number of nitrogens with one attached hydrogen (secondary N) is 2. The van der Waals surface area contributed by atoms with Crippen LogP contribution < -0.4 is 10.6 Å². The van der Waals surface area contributed by atoms with Crippen molar-refractivity contribution in [3.63, 3.8) is 0 Å². The van der Waals surface area contributed by atoms with Crippen LogP contribution in [0.2, 0.25) is 0 Å². The van der Waals surface area contributed by atoms with Crippen LogP contribution in [-0.2, 0) is 17.6 Å². The molecule has 25 heavy (non-hydrogen) atoms. The lowest BCUT2D eigenvalue weighted by Crippen LogP contribution is -2.49. The summed E-state index contributed by atoms with van der Waals surface area (Å²) in [6.45, 7) is 10.0. The fraction of sp³-hybridized carbons (Fsp3) is 0.778. The quantitative estimate of drug-likeness (QED) is 0.516. The second-order valence-corrected chi connectivity index (χ2v) is 7.54. The third-order valence-corrected chi connectivity index (χ3v) is 5.63. The zero-order valence-electron chi connectivity index (χ0n) is 15.9. The average Bonchev–Trinajstić information content (AvgIpc) is 3.09. The van der Waals surface area contributed by atoms with Crippen molar-refractivity contribution in [3.05, 3.63) is 16.1 Å². The van der Waals surface area contributed by atoms with Crippen LogP contribution in [0.4, 0.5) is 0 Å². The van der Waals surface area contributed by atoms with Gasteiger partial charge in [0.2, 0.25) is 0 Å². The number of rotatable bonds is 9. The number of thiazole rings is 1. The molecule has 0 aliphatic carbocycles. The number of methoxy groups -OCH3 is 1. The highest BCUT2D eigenvalue weighted by molar-refractivity contribution is 7.11. The fourth-order valence-corrected chi connectivity index (χ4v) is 3.78. The molecule has 1 saturated heterocycles. The number of hydrogen-bond donors (Lipinski definition) is 2. The first kappa shape index (κ1) is 20.1. The van der Waals surface area contributed by atoms with Gasteiger partial charge in [-0.2, -0.15) is 0 Å². The Morgan fingerprint density at radius 1 is 1.40 bits per heavy atom. The smallest absolute Gasteiger partial charge is 0.191 e. The molecule has 1 aromatic heterocycles. The molecule has 2 rings (SSSR count). The molecule has 2 heterocycles. The highest BCUT2D eigenvalue weighted by Gasteiger charge is 2.19. The lowest BCUT2D eigenvalue weighted by Gasteiger charge is -2.32. The number of aliphatic imine (C=N–C) groups is 1. The number of hydrogen-bond acceptors (Lipinski definition) is 5. The lowest BCUT2D eigenvalue weighted by atomic mass is 10.1. The van der Waals surface area contributed by atoms with Gasteiger partial charge in [-0.15, -0.1) is 11.3 Å². The highest BCUT2D eigenvalue weighted by Crippen LogP contribution is 2.14. The van der Waals surface area contributed by atoms with Gasteiger partial charge >= 0.3 is 0 Å². The first-order chi connectivity index (χ1) is 12.2. The Bertz CT molecular complexity index is 511. The number of ether oxygens (including phenoxy) is 1. The van der Waals surface area contributed by atoms with Crippen LogP contribution in [0.15, 0.2) is 11.2 Å². The van der Waals surface area contributed by atoms with Gasteiger partial charge in [0.25, 0.3) is 0 Å². The van der Waals surface area contributed by atoms with E-state index in [1.54, 1.807) is 18.4 Å². The van der Waals surface area contributed by atoms with E-state index in [1.807, 2.05) is 6.20 Å². The second-order valence-electron chi connectivity index (χ2n) is 6.34. The van der Waals surface area contributed by atoms with Crippen molar-refractivity contribution in [3.8, 4) is 0 Å². The van der Waals surface area contributed by atoms with Crippen molar-refractivity contribution < 1.29 is 4.74 Å². The fourth-order valence-electron chi connectivity index (χ4n) is 2.93. The van der Waals surface area contributed by atoms with E-state index in [9.17, 15) is 0 Å². The monoisotopic (exact) mass is 367 g/mol. The molecule has 1 fully saturated rings. The van der Waals surface area contributed by atoms with Crippen molar-refractivity contribution in [2.75, 3.05) is 46.4 Å². The number of aromatic nitrogens is 1. The molecule has 0 atom stereocenters. The molecule has 0 spiro atoms. The number of nitrogens with zero attached hydrogens (tertiary/aromatic N) is 3. The maximum absolute atomic E-state index is 5.17. The molecule has 0 amide bonds. The van der Waals surface area contributed by atoms with Crippen LogP contribution in [0.5, 0.6) is 0 Å². The Hall–Kier alpha value is -1.18. The molecule has 1 aliphatic rings. The predicted octanol–water partition coefficient (Wildman–Crippen LogP) is 1.91. The van der Waals surface area contributed by atoms with Crippen molar-refractivity contribution in [2.45, 2.75) is 45.6 Å². The molecule has 142 valence electrons. The molecule has 0 unspecified atom stereocenters. The molecule has 7 heteroatoms. The van der Waals surface area contributed by atoms with E-state index >= 15 is 0 Å². The molecule has 0 radical (unpaired) electrons. The normalized spacial score (nSPS) is 17.0. The van der Waals surface area contributed by atoms with Crippen molar-refractivity contribution >= 4 is 17.3 Å². The third kappa shape index (κ3) is 7.30. The van der Waals surface area contributed by atoms with E-state index in [1.165, 1.54) is 9.88 Å². The Morgan fingerprint density at radius 3 is 2.84 bits per heavy atom. The minimum Gasteiger partial charge on any atom is -0.383 e. The van der Waals surface area contributed by atoms with Crippen molar-refractivity contribution in [1.82, 2.24) is 20.5 Å². The highest BCUT2D eigenvalue weighted by atomic mass is 32.1. The average molecular weight is 368 g/mol. The van der Waals surface area contributed by atoms with E-state index in [0.29, 0.717) is 6.04 Å². The zero-order valence-corrected chi connectivity index (χ0v) is 16.7. The van der Waals surface area contributed by atoms with Gasteiger partial charge in [-0.25, -0.2) is 4.98 Å². The molecule has 0 saturated carbocycles. The Labute approximate surface area is 156 Å². The van der Waals surface area contributed by atoms with Crippen molar-refractivity contribution in [2.24, 2.45) is 4.99 Å². The first-order valence-electron chi connectivity index (χ1n) is 9.44. The van der Waals surface area contributed by atoms with Crippen LogP contribution in [-0.4, -0.2) is 68.3 Å². The van der Waals surface area contributed by atoms with Gasteiger partial charge in [-0.3, -0.25) is 4.99 Å². The minimum absolute atomic E-state index is 0.503. The molecule has 1 aliphatic heterocycles. The Morgan fingerprint density at radius 2 is 2.20 bits per heavy atom. The second kappa shape index (κ2) is 11.4. The van der Waals surface area contributed by atoms with E-state index in [-0.39, 0.29) is 0 Å². The summed E-state index contributed by atoms with van der Waals surface area (Å²) < 4.78 is 5.17. The maximum atomic E-state index is 5.17. The standard InChI is InChI=1S/C18H33N5OS/c1-4-16-14-21-17(25-16)6-9-20-18(19-5-2)22-15-7-10-23(11-8-15)12-13-24-3/h14-15H,4-13H2,1-3H3,(H2,19,20,22). The van der Waals surface area contributed by atoms with Crippen LogP contribution in [0, 0.1) is 0 Å². The summed E-state index contributed by atoms with van der Waals surface area (Å²) in [5.74, 6) is 0.935. The molecule has 6 nitrogen and oxygen atoms in total. The Balaban J connectivity index is 1.75. The van der Waals surface area contributed by atoms with Gasteiger partial charge in [0, 0.05) is 63.4 Å². The topological polar surface area (TPSA) is 61.8 Å². The summed E-state index contributed by atoms with van der Waals surface area (Å²) in [6.07, 6.45) is 6.27. The molecule has 1 aromatic rings. The summed E-state index contributed by atoms with van der Waals surface area (Å²) in [4.78, 5) is 13.0. The summed E-state index contributed by atoms with van der Waals surface area (Å²) >= 11 is 1.80. The molecular formula is C18H33N5OS. The van der Waals surface area contributed by atoms with Crippen LogP contribution in [0.1, 0.15) is 36.6 Å². The maximum Gasteiger partial charge on any atom is 0.191 e. The number of guanidine groups is 1. The Kier molecular flexibility index (Phi) is 9.21. The number of piperidine rings is 1. The largest absolute Gasteiger partial charge is 0.383 e. The van der Waals surface area contributed by atoms with Crippen molar-refractivity contribution in [1.29, 1.82) is 0 Å². The summed E-state index contributed by atoms with van der Waals surface area (Å²) in [5.41, 5.74) is 0. The van der Waals surface area contributed by atoms with Gasteiger partial charge < -0.3 is 20.3 Å². The first-order valence-corrected chi connectivity index (χ1v) is 10.3. The van der Waals surface area contributed by atoms with E-state index in [0.717, 1.165) is 71.0 Å². The lowest BCUT2D eigenvalue weighted by molar-refractivity contribution is 0.128. The molecule has 2 N–H and O–H groups in total. The SMILES string of the molecule is CCNC(=NCCc1ncc(CC)s1)NC1CCN(CCOC)CC1. The van der Waals surface area contributed by atoms with Gasteiger partial charge in [0.15, 0.2) is 5.96 Å². The van der Waals surface area contributed by atoms with Crippen LogP contribution in [0.3, 0.4) is 0 Å². The van der Waals surface area contributed by atoms with Gasteiger partial charge in [0.1, 0.15) is 0 Å². The van der Waals surface area contributed by atoms with Crippen LogP contribution >= 0.6 is 11.3 Å². The van der Waals surface area contributed by atoms with Crippen LogP contribution in [0.25, 0.3) is 0 Å². The summed E-state index contributed by atoms with van der Waals surface area (Å²) in [5, 5.41) is 8.15. The predicted molar refractivity (Wildman–Crippen MR) is 106 cm³/mol. The minimum atomic E-state index is 0.503. The zero-order chi connectivity index (χ0) is 17.9. The molecular weight excluding hydrogens is 334 g/mol. The third-order valence-electron chi connectivity index (χ3n) is 4.43. The van der Waals surface area contributed by atoms with E-state index < -0.39 is 0 Å². The van der Waals surface area contributed by atoms with Gasteiger partial charge in [0.05, 0.1) is 11.6 Å². The molecule has 0 bridgehead atoms. The van der Waals surface area contributed by atoms with E-state index in [2.05, 4.69) is 34.4 Å². The van der Waals surface area contributed by atoms with E-state index in [4.69, 9.17) is 9.73 Å². The molecule has 0 aromatic carbocycles. The summed E-state index contributed by atoms with van der Waals surface area (Å²) in [6, 6.07) is 0.503. The summed E-state index contributed by atoms with van der Waals surface area (Å²) in [7, 11) is 1.77. The van der Waals surface area contributed by atoms with Gasteiger partial charge in [-0.05, 0) is 26.2 Å². The van der Waals surface area contributed by atoms with Gasteiger partial charge in [-0.1, -0.05) is 6.92 Å². The number of likely N-dealkylation sites (tertiary alicyclic amines) is 1.